The van der Waals surface area contributed by atoms with Gasteiger partial charge in [0.1, 0.15) is 5.54 Å². The third kappa shape index (κ3) is 2.60. The smallest absolute Gasteiger partial charge is 0.331 e. The minimum atomic E-state index is -0.672. The molecular weight excluding hydrogens is 214 g/mol. The highest BCUT2D eigenvalue weighted by Crippen LogP contribution is 2.27. The zero-order valence-electron chi connectivity index (χ0n) is 11.5. The first-order valence-corrected chi connectivity index (χ1v) is 5.70. The Balaban J connectivity index is 3.11. The first-order valence-electron chi connectivity index (χ1n) is 5.70. The van der Waals surface area contributed by atoms with Crippen molar-refractivity contribution >= 4 is 11.7 Å². The number of hydrogen-bond acceptors (Lipinski definition) is 3. The summed E-state index contributed by atoms with van der Waals surface area (Å²) in [5, 5.41) is 0. The van der Waals surface area contributed by atoms with Crippen LogP contribution in [0.25, 0.3) is 0 Å². The highest BCUT2D eigenvalue weighted by molar-refractivity contribution is 5.84. The molecule has 94 valence electrons. The van der Waals surface area contributed by atoms with E-state index in [1.165, 1.54) is 12.7 Å². The molecule has 0 N–H and O–H groups in total. The Labute approximate surface area is 103 Å². The first-order chi connectivity index (χ1) is 7.80. The number of carbonyl (C=O) groups is 1. The average molecular weight is 235 g/mol. The van der Waals surface area contributed by atoms with Gasteiger partial charge in [0, 0.05) is 12.7 Å². The average Bonchev–Trinajstić information content (AvgIpc) is 2.27. The van der Waals surface area contributed by atoms with Gasteiger partial charge in [0.2, 0.25) is 0 Å². The highest BCUT2D eigenvalue weighted by Gasteiger charge is 2.34. The van der Waals surface area contributed by atoms with Gasteiger partial charge in [0.25, 0.3) is 0 Å². The van der Waals surface area contributed by atoms with Crippen molar-refractivity contribution in [2.45, 2.75) is 33.2 Å². The summed E-state index contributed by atoms with van der Waals surface area (Å²) in [6, 6.07) is 6.20. The van der Waals surface area contributed by atoms with Crippen LogP contribution >= 0.6 is 0 Å². The number of ether oxygens (including phenoxy) is 1. The number of esters is 1. The number of hydrogen-bond donors (Lipinski definition) is 0. The number of likely N-dealkylation sites (N-methyl/N-ethyl adjacent to an activating group) is 1. The quantitative estimate of drug-likeness (QED) is 0.754. The van der Waals surface area contributed by atoms with Crippen LogP contribution in [0.3, 0.4) is 0 Å². The van der Waals surface area contributed by atoms with Gasteiger partial charge in [-0.15, -0.1) is 0 Å². The molecule has 0 aliphatic heterocycles. The van der Waals surface area contributed by atoms with E-state index in [0.29, 0.717) is 0 Å². The van der Waals surface area contributed by atoms with E-state index < -0.39 is 5.54 Å². The zero-order valence-corrected chi connectivity index (χ0v) is 11.5. The lowest BCUT2D eigenvalue weighted by molar-refractivity contribution is -0.145. The Kier molecular flexibility index (Phi) is 3.81. The summed E-state index contributed by atoms with van der Waals surface area (Å²) in [7, 11) is 3.33. The summed E-state index contributed by atoms with van der Waals surface area (Å²) >= 11 is 0. The van der Waals surface area contributed by atoms with Crippen molar-refractivity contribution in [3.63, 3.8) is 0 Å². The van der Waals surface area contributed by atoms with Crippen molar-refractivity contribution in [2.75, 3.05) is 19.1 Å². The van der Waals surface area contributed by atoms with Crippen LogP contribution in [0.2, 0.25) is 0 Å². The van der Waals surface area contributed by atoms with Crippen molar-refractivity contribution in [3.8, 4) is 0 Å². The SMILES string of the molecule is COC(=O)C(C)(C)N(C)c1ccc(C)cc1C. The molecule has 1 aromatic rings. The minimum Gasteiger partial charge on any atom is -0.467 e. The van der Waals surface area contributed by atoms with Gasteiger partial charge in [0.05, 0.1) is 7.11 Å². The second kappa shape index (κ2) is 4.78. The summed E-state index contributed by atoms with van der Waals surface area (Å²) < 4.78 is 4.84. The molecule has 0 radical (unpaired) electrons. The van der Waals surface area contributed by atoms with E-state index in [1.807, 2.05) is 44.9 Å². The van der Waals surface area contributed by atoms with Crippen LogP contribution in [0.4, 0.5) is 5.69 Å². The standard InChI is InChI=1S/C14H21NO2/c1-10-7-8-12(11(2)9-10)15(5)14(3,4)13(16)17-6/h7-9H,1-6H3. The van der Waals surface area contributed by atoms with Crippen LogP contribution in [0.5, 0.6) is 0 Å². The molecule has 0 aromatic heterocycles. The zero-order chi connectivity index (χ0) is 13.2. The van der Waals surface area contributed by atoms with Crippen molar-refractivity contribution in [2.24, 2.45) is 0 Å². The summed E-state index contributed by atoms with van der Waals surface area (Å²) in [5.41, 5.74) is 2.75. The van der Waals surface area contributed by atoms with Gasteiger partial charge in [-0.3, -0.25) is 0 Å². The molecule has 0 saturated carbocycles. The summed E-state index contributed by atoms with van der Waals surface area (Å²) in [4.78, 5) is 13.7. The predicted octanol–water partition coefficient (Wildman–Crippen LogP) is 2.69. The summed E-state index contributed by atoms with van der Waals surface area (Å²) in [6.07, 6.45) is 0. The number of benzene rings is 1. The van der Waals surface area contributed by atoms with Crippen LogP contribution in [0.1, 0.15) is 25.0 Å². The van der Waals surface area contributed by atoms with Crippen LogP contribution in [0, 0.1) is 13.8 Å². The van der Waals surface area contributed by atoms with E-state index in [0.717, 1.165) is 11.3 Å². The molecule has 3 nitrogen and oxygen atoms in total. The predicted molar refractivity (Wildman–Crippen MR) is 70.4 cm³/mol. The summed E-state index contributed by atoms with van der Waals surface area (Å²) in [6.45, 7) is 7.82. The second-order valence-electron chi connectivity index (χ2n) is 4.90. The fourth-order valence-corrected chi connectivity index (χ4v) is 1.87. The normalized spacial score (nSPS) is 11.2. The molecule has 3 heteroatoms. The van der Waals surface area contributed by atoms with Gasteiger partial charge >= 0.3 is 5.97 Å². The molecule has 0 unspecified atom stereocenters. The molecule has 0 fully saturated rings. The van der Waals surface area contributed by atoms with Gasteiger partial charge in [-0.25, -0.2) is 4.79 Å². The van der Waals surface area contributed by atoms with E-state index in [1.54, 1.807) is 0 Å². The van der Waals surface area contributed by atoms with Crippen LogP contribution < -0.4 is 4.90 Å². The molecular formula is C14H21NO2. The molecule has 17 heavy (non-hydrogen) atoms. The fourth-order valence-electron chi connectivity index (χ4n) is 1.87. The van der Waals surface area contributed by atoms with E-state index >= 15 is 0 Å². The molecule has 0 spiro atoms. The Morgan fingerprint density at radius 3 is 2.35 bits per heavy atom. The van der Waals surface area contributed by atoms with Crippen LogP contribution in [-0.2, 0) is 9.53 Å². The number of rotatable bonds is 3. The second-order valence-corrected chi connectivity index (χ2v) is 4.90. The van der Waals surface area contributed by atoms with Crippen molar-refractivity contribution in [1.29, 1.82) is 0 Å². The van der Waals surface area contributed by atoms with Gasteiger partial charge in [0.15, 0.2) is 0 Å². The third-order valence-corrected chi connectivity index (χ3v) is 3.24. The van der Waals surface area contributed by atoms with Gasteiger partial charge in [-0.2, -0.15) is 0 Å². The molecule has 0 amide bonds. The number of methoxy groups -OCH3 is 1. The molecule has 0 bridgehead atoms. The van der Waals surface area contributed by atoms with Crippen molar-refractivity contribution < 1.29 is 9.53 Å². The molecule has 1 aromatic carbocycles. The van der Waals surface area contributed by atoms with E-state index in [4.69, 9.17) is 4.74 Å². The lowest BCUT2D eigenvalue weighted by atomic mass is 10.0. The lowest BCUT2D eigenvalue weighted by Gasteiger charge is -2.35. The third-order valence-electron chi connectivity index (χ3n) is 3.24. The Morgan fingerprint density at radius 1 is 1.29 bits per heavy atom. The molecule has 1 rings (SSSR count). The highest BCUT2D eigenvalue weighted by atomic mass is 16.5. The van der Waals surface area contributed by atoms with Crippen LogP contribution in [0.15, 0.2) is 18.2 Å². The summed E-state index contributed by atoms with van der Waals surface area (Å²) in [5.74, 6) is -0.236. The Bertz CT molecular complexity index is 424. The van der Waals surface area contributed by atoms with Gasteiger partial charge in [-0.05, 0) is 39.3 Å². The number of aryl methyl sites for hydroxylation is 2. The minimum absolute atomic E-state index is 0.236. The maximum atomic E-state index is 11.8. The maximum Gasteiger partial charge on any atom is 0.331 e. The topological polar surface area (TPSA) is 29.5 Å². The van der Waals surface area contributed by atoms with Gasteiger partial charge < -0.3 is 9.64 Å². The molecule has 0 aliphatic carbocycles. The lowest BCUT2D eigenvalue weighted by Crippen LogP contribution is -2.49. The monoisotopic (exact) mass is 235 g/mol. The van der Waals surface area contributed by atoms with Crippen LogP contribution in [-0.4, -0.2) is 25.7 Å². The molecule has 0 aliphatic rings. The van der Waals surface area contributed by atoms with Crippen molar-refractivity contribution in [3.05, 3.63) is 29.3 Å². The van der Waals surface area contributed by atoms with E-state index in [9.17, 15) is 4.79 Å². The van der Waals surface area contributed by atoms with Gasteiger partial charge in [-0.1, -0.05) is 17.7 Å². The largest absolute Gasteiger partial charge is 0.467 e. The van der Waals surface area contributed by atoms with E-state index in [-0.39, 0.29) is 5.97 Å². The number of nitrogens with zero attached hydrogens (tertiary/aromatic N) is 1. The maximum absolute atomic E-state index is 11.8. The molecule has 0 heterocycles. The number of carbonyl (C=O) groups excluding carboxylic acids is 1. The fraction of sp³-hybridized carbons (Fsp3) is 0.500. The van der Waals surface area contributed by atoms with E-state index in [2.05, 4.69) is 13.0 Å². The first kappa shape index (κ1) is 13.6. The van der Waals surface area contributed by atoms with Crippen molar-refractivity contribution in [1.82, 2.24) is 0 Å². The molecule has 0 saturated heterocycles. The molecule has 0 atom stereocenters. The Hall–Kier alpha value is -1.51. The Morgan fingerprint density at radius 2 is 1.88 bits per heavy atom. The number of anilines is 1.